The van der Waals surface area contributed by atoms with Crippen molar-refractivity contribution in [3.63, 3.8) is 0 Å². The summed E-state index contributed by atoms with van der Waals surface area (Å²) in [6.45, 7) is 2.81. The predicted octanol–water partition coefficient (Wildman–Crippen LogP) is 6.34. The molecule has 0 aliphatic rings. The van der Waals surface area contributed by atoms with E-state index in [2.05, 4.69) is 17.2 Å². The standard InChI is InChI=1S/C25H27N3O5S/c1-3-4-5-6-14-33-22-12-10-18(15-23(22)32-2)11-13-24(29)27-25-26-21(17-34-25)19-8-7-9-20(16-19)28(30)31/h7-13,15-17H,3-6,14H2,1-2H3,(H,26,27,29)/b13-11+. The predicted molar refractivity (Wildman–Crippen MR) is 134 cm³/mol. The van der Waals surface area contributed by atoms with Crippen LogP contribution in [0.5, 0.6) is 11.5 Å². The number of methoxy groups -OCH3 is 1. The van der Waals surface area contributed by atoms with Gasteiger partial charge in [-0.3, -0.25) is 20.2 Å². The number of non-ortho nitro benzene ring substituents is 1. The highest BCUT2D eigenvalue weighted by Crippen LogP contribution is 2.29. The Labute approximate surface area is 202 Å². The van der Waals surface area contributed by atoms with Crippen LogP contribution >= 0.6 is 11.3 Å². The highest BCUT2D eigenvalue weighted by Gasteiger charge is 2.11. The number of hydrogen-bond donors (Lipinski definition) is 1. The van der Waals surface area contributed by atoms with Gasteiger partial charge in [0.15, 0.2) is 16.6 Å². The molecular weight excluding hydrogens is 454 g/mol. The first-order valence-electron chi connectivity index (χ1n) is 11.0. The van der Waals surface area contributed by atoms with E-state index in [4.69, 9.17) is 9.47 Å². The van der Waals surface area contributed by atoms with Crippen LogP contribution in [0.4, 0.5) is 10.8 Å². The average Bonchev–Trinajstić information content (AvgIpc) is 3.31. The molecule has 0 fully saturated rings. The van der Waals surface area contributed by atoms with E-state index in [-0.39, 0.29) is 11.6 Å². The first kappa shape index (κ1) is 24.9. The Morgan fingerprint density at radius 1 is 1.18 bits per heavy atom. The summed E-state index contributed by atoms with van der Waals surface area (Å²) in [4.78, 5) is 27.2. The minimum Gasteiger partial charge on any atom is -0.493 e. The van der Waals surface area contributed by atoms with Gasteiger partial charge in [-0.25, -0.2) is 4.98 Å². The monoisotopic (exact) mass is 481 g/mol. The Balaban J connectivity index is 1.58. The van der Waals surface area contributed by atoms with E-state index < -0.39 is 4.92 Å². The van der Waals surface area contributed by atoms with Crippen molar-refractivity contribution in [1.29, 1.82) is 0 Å². The summed E-state index contributed by atoms with van der Waals surface area (Å²) in [5, 5.41) is 15.8. The molecule has 1 amide bonds. The third kappa shape index (κ3) is 7.14. The van der Waals surface area contributed by atoms with Crippen molar-refractivity contribution in [2.45, 2.75) is 32.6 Å². The molecule has 0 aliphatic carbocycles. The van der Waals surface area contributed by atoms with Crippen LogP contribution in [0.15, 0.2) is 53.9 Å². The van der Waals surface area contributed by atoms with E-state index >= 15 is 0 Å². The van der Waals surface area contributed by atoms with Gasteiger partial charge in [0.1, 0.15) is 0 Å². The molecule has 0 aliphatic heterocycles. The molecule has 178 valence electrons. The fraction of sp³-hybridized carbons (Fsp3) is 0.280. The highest BCUT2D eigenvalue weighted by molar-refractivity contribution is 7.14. The molecule has 0 saturated heterocycles. The van der Waals surface area contributed by atoms with Crippen molar-refractivity contribution in [2.24, 2.45) is 0 Å². The topological polar surface area (TPSA) is 104 Å². The van der Waals surface area contributed by atoms with Gasteiger partial charge in [0, 0.05) is 29.2 Å². The van der Waals surface area contributed by atoms with E-state index in [0.29, 0.717) is 34.5 Å². The summed E-state index contributed by atoms with van der Waals surface area (Å²) < 4.78 is 11.2. The maximum absolute atomic E-state index is 12.3. The molecule has 0 unspecified atom stereocenters. The SMILES string of the molecule is CCCCCCOc1ccc(/C=C/C(=O)Nc2nc(-c3cccc([N+](=O)[O-])c3)cs2)cc1OC. The summed E-state index contributed by atoms with van der Waals surface area (Å²) in [6.07, 6.45) is 7.61. The molecule has 0 atom stereocenters. The molecule has 34 heavy (non-hydrogen) atoms. The van der Waals surface area contributed by atoms with Crippen LogP contribution in [-0.2, 0) is 4.79 Å². The van der Waals surface area contributed by atoms with Crippen LogP contribution in [0, 0.1) is 10.1 Å². The molecule has 0 saturated carbocycles. The van der Waals surface area contributed by atoms with Crippen LogP contribution in [0.1, 0.15) is 38.2 Å². The molecule has 0 spiro atoms. The molecule has 1 N–H and O–H groups in total. The number of hydrogen-bond acceptors (Lipinski definition) is 7. The normalized spacial score (nSPS) is 10.9. The molecule has 3 rings (SSSR count). The third-order valence-electron chi connectivity index (χ3n) is 4.96. The van der Waals surface area contributed by atoms with Gasteiger partial charge in [0.05, 0.1) is 24.3 Å². The fourth-order valence-corrected chi connectivity index (χ4v) is 3.90. The number of amides is 1. The Hall–Kier alpha value is -3.72. The highest BCUT2D eigenvalue weighted by atomic mass is 32.1. The number of nitrogens with one attached hydrogen (secondary N) is 1. The van der Waals surface area contributed by atoms with E-state index in [1.165, 1.54) is 42.4 Å². The Kier molecular flexibility index (Phi) is 9.16. The number of rotatable bonds is 12. The lowest BCUT2D eigenvalue weighted by molar-refractivity contribution is -0.384. The number of carbonyl (C=O) groups excluding carboxylic acids is 1. The zero-order chi connectivity index (χ0) is 24.3. The molecule has 3 aromatic rings. The second-order valence-corrected chi connectivity index (χ2v) is 8.35. The number of aromatic nitrogens is 1. The van der Waals surface area contributed by atoms with E-state index in [1.54, 1.807) is 30.7 Å². The van der Waals surface area contributed by atoms with Gasteiger partial charge in [-0.15, -0.1) is 11.3 Å². The lowest BCUT2D eigenvalue weighted by Crippen LogP contribution is -2.07. The van der Waals surface area contributed by atoms with Crippen LogP contribution in [-0.4, -0.2) is 29.5 Å². The third-order valence-corrected chi connectivity index (χ3v) is 5.72. The first-order valence-corrected chi connectivity index (χ1v) is 11.9. The van der Waals surface area contributed by atoms with Crippen molar-refractivity contribution in [3.8, 4) is 22.8 Å². The molecule has 8 nitrogen and oxygen atoms in total. The van der Waals surface area contributed by atoms with Gasteiger partial charge >= 0.3 is 0 Å². The second kappa shape index (κ2) is 12.5. The summed E-state index contributed by atoms with van der Waals surface area (Å²) in [5.74, 6) is 0.951. The van der Waals surface area contributed by atoms with Crippen LogP contribution in [0.25, 0.3) is 17.3 Å². The number of nitro benzene ring substituents is 1. The zero-order valence-corrected chi connectivity index (χ0v) is 20.0. The number of nitro groups is 1. The van der Waals surface area contributed by atoms with Crippen molar-refractivity contribution >= 4 is 34.1 Å². The number of thiazole rings is 1. The van der Waals surface area contributed by atoms with Gasteiger partial charge < -0.3 is 9.47 Å². The maximum atomic E-state index is 12.3. The Bertz CT molecular complexity index is 1160. The zero-order valence-electron chi connectivity index (χ0n) is 19.2. The van der Waals surface area contributed by atoms with Crippen molar-refractivity contribution in [1.82, 2.24) is 4.98 Å². The maximum Gasteiger partial charge on any atom is 0.270 e. The number of ether oxygens (including phenoxy) is 2. The number of carbonyl (C=O) groups is 1. The molecule has 2 aromatic carbocycles. The molecule has 1 aromatic heterocycles. The van der Waals surface area contributed by atoms with Crippen LogP contribution in [0.2, 0.25) is 0 Å². The fourth-order valence-electron chi connectivity index (χ4n) is 3.18. The Morgan fingerprint density at radius 2 is 2.03 bits per heavy atom. The van der Waals surface area contributed by atoms with Gasteiger partial charge in [0.25, 0.3) is 5.69 Å². The largest absolute Gasteiger partial charge is 0.493 e. The minimum atomic E-state index is -0.454. The van der Waals surface area contributed by atoms with Gasteiger partial charge in [-0.1, -0.05) is 44.4 Å². The second-order valence-electron chi connectivity index (χ2n) is 7.49. The summed E-state index contributed by atoms with van der Waals surface area (Å²) in [7, 11) is 1.58. The van der Waals surface area contributed by atoms with Crippen molar-refractivity contribution in [2.75, 3.05) is 19.0 Å². The quantitative estimate of drug-likeness (QED) is 0.140. The van der Waals surface area contributed by atoms with E-state index in [1.807, 2.05) is 18.2 Å². The van der Waals surface area contributed by atoms with Gasteiger partial charge in [-0.2, -0.15) is 0 Å². The molecule has 0 radical (unpaired) electrons. The van der Waals surface area contributed by atoms with E-state index in [9.17, 15) is 14.9 Å². The summed E-state index contributed by atoms with van der Waals surface area (Å²) in [5.41, 5.74) is 1.95. The summed E-state index contributed by atoms with van der Waals surface area (Å²) in [6, 6.07) is 11.7. The van der Waals surface area contributed by atoms with Crippen molar-refractivity contribution in [3.05, 3.63) is 69.6 Å². The number of nitrogens with zero attached hydrogens (tertiary/aromatic N) is 2. The number of benzene rings is 2. The lowest BCUT2D eigenvalue weighted by Gasteiger charge is -2.11. The summed E-state index contributed by atoms with van der Waals surface area (Å²) >= 11 is 1.25. The smallest absolute Gasteiger partial charge is 0.270 e. The molecule has 1 heterocycles. The van der Waals surface area contributed by atoms with E-state index in [0.717, 1.165) is 18.4 Å². The van der Waals surface area contributed by atoms with Crippen LogP contribution in [0.3, 0.4) is 0 Å². The number of anilines is 1. The molecule has 9 heteroatoms. The number of unbranched alkanes of at least 4 members (excludes halogenated alkanes) is 3. The minimum absolute atomic E-state index is 0.0117. The Morgan fingerprint density at radius 3 is 2.79 bits per heavy atom. The van der Waals surface area contributed by atoms with Crippen molar-refractivity contribution < 1.29 is 19.2 Å². The van der Waals surface area contributed by atoms with Gasteiger partial charge in [0.2, 0.25) is 5.91 Å². The first-order chi connectivity index (χ1) is 16.5. The average molecular weight is 482 g/mol. The van der Waals surface area contributed by atoms with Gasteiger partial charge in [-0.05, 0) is 30.2 Å². The van der Waals surface area contributed by atoms with Crippen LogP contribution < -0.4 is 14.8 Å². The lowest BCUT2D eigenvalue weighted by atomic mass is 10.1. The molecular formula is C25H27N3O5S. The molecule has 0 bridgehead atoms.